The van der Waals surface area contributed by atoms with Crippen molar-refractivity contribution in [2.24, 2.45) is 0 Å². The van der Waals surface area contributed by atoms with Gasteiger partial charge in [0.25, 0.3) is 0 Å². The van der Waals surface area contributed by atoms with Gasteiger partial charge in [0.2, 0.25) is 0 Å². The molecule has 0 saturated heterocycles. The second-order valence-electron chi connectivity index (χ2n) is 5.03. The number of benzene rings is 1. The first kappa shape index (κ1) is 17.1. The summed E-state index contributed by atoms with van der Waals surface area (Å²) in [4.78, 5) is 0. The Balaban J connectivity index is 2.83. The van der Waals surface area contributed by atoms with E-state index in [1.807, 2.05) is 32.9 Å². The van der Waals surface area contributed by atoms with Crippen LogP contribution in [-0.4, -0.2) is 19.3 Å². The van der Waals surface area contributed by atoms with Crippen LogP contribution in [-0.2, 0) is 6.54 Å². The molecule has 0 aromatic heterocycles. The molecular formula is C16H26ClNO2. The van der Waals surface area contributed by atoms with E-state index in [1.165, 1.54) is 12.8 Å². The van der Waals surface area contributed by atoms with E-state index < -0.39 is 0 Å². The van der Waals surface area contributed by atoms with Gasteiger partial charge in [0.05, 0.1) is 17.7 Å². The average Bonchev–Trinajstić information content (AvgIpc) is 2.39. The number of hydrogen-bond donors (Lipinski definition) is 1. The molecule has 1 aromatic rings. The number of rotatable bonds is 9. The summed E-state index contributed by atoms with van der Waals surface area (Å²) in [7, 11) is 0. The summed E-state index contributed by atoms with van der Waals surface area (Å²) in [6.07, 6.45) is 2.44. The topological polar surface area (TPSA) is 30.5 Å². The van der Waals surface area contributed by atoms with Crippen molar-refractivity contribution in [2.45, 2.75) is 53.2 Å². The van der Waals surface area contributed by atoms with Crippen molar-refractivity contribution in [1.82, 2.24) is 5.32 Å². The van der Waals surface area contributed by atoms with Crippen LogP contribution >= 0.6 is 11.6 Å². The molecular weight excluding hydrogens is 274 g/mol. The highest BCUT2D eigenvalue weighted by atomic mass is 35.5. The molecule has 1 aromatic carbocycles. The molecule has 0 aliphatic carbocycles. The molecule has 0 saturated carbocycles. The minimum atomic E-state index is 0.0697. The smallest absolute Gasteiger partial charge is 0.180 e. The summed E-state index contributed by atoms with van der Waals surface area (Å²) >= 11 is 6.32. The van der Waals surface area contributed by atoms with E-state index in [1.54, 1.807) is 0 Å². The molecule has 0 unspecified atom stereocenters. The lowest BCUT2D eigenvalue weighted by molar-refractivity contribution is 0.224. The number of unbranched alkanes of at least 4 members (excludes halogenated alkanes) is 1. The maximum absolute atomic E-state index is 6.32. The van der Waals surface area contributed by atoms with Gasteiger partial charge in [-0.1, -0.05) is 24.9 Å². The summed E-state index contributed by atoms with van der Waals surface area (Å²) in [6, 6.07) is 3.95. The first-order chi connectivity index (χ1) is 9.58. The number of ether oxygens (including phenoxy) is 2. The van der Waals surface area contributed by atoms with Gasteiger partial charge in [-0.05, 0) is 51.4 Å². The van der Waals surface area contributed by atoms with Gasteiger partial charge in [0.1, 0.15) is 0 Å². The highest BCUT2D eigenvalue weighted by Gasteiger charge is 2.13. The zero-order chi connectivity index (χ0) is 15.0. The second-order valence-corrected chi connectivity index (χ2v) is 5.44. The molecule has 0 radical (unpaired) electrons. The van der Waals surface area contributed by atoms with Gasteiger partial charge in [-0.25, -0.2) is 0 Å². The fraction of sp³-hybridized carbons (Fsp3) is 0.625. The Morgan fingerprint density at radius 1 is 1.25 bits per heavy atom. The lowest BCUT2D eigenvalue weighted by atomic mass is 10.2. The maximum atomic E-state index is 6.32. The first-order valence-electron chi connectivity index (χ1n) is 7.41. The average molecular weight is 300 g/mol. The summed E-state index contributed by atoms with van der Waals surface area (Å²) < 4.78 is 11.4. The van der Waals surface area contributed by atoms with Crippen LogP contribution in [0.3, 0.4) is 0 Å². The SMILES string of the molecule is CCCCNCc1cc(Cl)c(OC(C)C)c(OCC)c1. The van der Waals surface area contributed by atoms with Crippen molar-refractivity contribution in [1.29, 1.82) is 0 Å². The molecule has 0 amide bonds. The third-order valence-electron chi connectivity index (χ3n) is 2.76. The molecule has 0 spiro atoms. The highest BCUT2D eigenvalue weighted by molar-refractivity contribution is 6.32. The normalized spacial score (nSPS) is 10.9. The van der Waals surface area contributed by atoms with E-state index in [9.17, 15) is 0 Å². The van der Waals surface area contributed by atoms with Crippen molar-refractivity contribution in [3.8, 4) is 11.5 Å². The van der Waals surface area contributed by atoms with Gasteiger partial charge in [0, 0.05) is 6.54 Å². The Bertz CT molecular complexity index is 408. The molecule has 0 aliphatic heterocycles. The van der Waals surface area contributed by atoms with E-state index in [-0.39, 0.29) is 6.10 Å². The zero-order valence-electron chi connectivity index (χ0n) is 13.0. The predicted octanol–water partition coefficient (Wildman–Crippen LogP) is 4.42. The molecule has 0 aliphatic rings. The Labute approximate surface area is 127 Å². The van der Waals surface area contributed by atoms with Crippen molar-refractivity contribution in [3.05, 3.63) is 22.7 Å². The van der Waals surface area contributed by atoms with Crippen molar-refractivity contribution in [3.63, 3.8) is 0 Å². The number of nitrogens with one attached hydrogen (secondary N) is 1. The summed E-state index contributed by atoms with van der Waals surface area (Å²) in [5, 5.41) is 4.01. The molecule has 4 heteroatoms. The molecule has 3 nitrogen and oxygen atoms in total. The van der Waals surface area contributed by atoms with Crippen LogP contribution in [0.15, 0.2) is 12.1 Å². The van der Waals surface area contributed by atoms with E-state index in [2.05, 4.69) is 12.2 Å². The highest BCUT2D eigenvalue weighted by Crippen LogP contribution is 2.37. The molecule has 0 atom stereocenters. The van der Waals surface area contributed by atoms with Crippen LogP contribution in [0.1, 0.15) is 46.1 Å². The van der Waals surface area contributed by atoms with E-state index in [0.29, 0.717) is 17.4 Å². The lowest BCUT2D eigenvalue weighted by Crippen LogP contribution is -2.15. The van der Waals surface area contributed by atoms with Crippen molar-refractivity contribution in [2.75, 3.05) is 13.2 Å². The molecule has 0 bridgehead atoms. The van der Waals surface area contributed by atoms with Gasteiger partial charge in [-0.3, -0.25) is 0 Å². The third-order valence-corrected chi connectivity index (χ3v) is 3.04. The molecule has 1 rings (SSSR count). The minimum absolute atomic E-state index is 0.0697. The second kappa shape index (κ2) is 9.09. The molecule has 114 valence electrons. The van der Waals surface area contributed by atoms with Crippen LogP contribution in [0.2, 0.25) is 5.02 Å². The van der Waals surface area contributed by atoms with E-state index >= 15 is 0 Å². The Morgan fingerprint density at radius 2 is 2.00 bits per heavy atom. The lowest BCUT2D eigenvalue weighted by Gasteiger charge is -2.17. The molecule has 0 fully saturated rings. The molecule has 20 heavy (non-hydrogen) atoms. The van der Waals surface area contributed by atoms with Gasteiger partial charge < -0.3 is 14.8 Å². The Hall–Kier alpha value is -0.930. The monoisotopic (exact) mass is 299 g/mol. The predicted molar refractivity (Wildman–Crippen MR) is 85.0 cm³/mol. The Morgan fingerprint density at radius 3 is 2.60 bits per heavy atom. The van der Waals surface area contributed by atoms with Crippen LogP contribution < -0.4 is 14.8 Å². The molecule has 0 heterocycles. The van der Waals surface area contributed by atoms with Gasteiger partial charge in [0.15, 0.2) is 11.5 Å². The van der Waals surface area contributed by atoms with Crippen LogP contribution in [0, 0.1) is 0 Å². The fourth-order valence-corrected chi connectivity index (χ4v) is 2.15. The summed E-state index contributed by atoms with van der Waals surface area (Å²) in [6.45, 7) is 10.5. The Kier molecular flexibility index (Phi) is 7.78. The number of hydrogen-bond acceptors (Lipinski definition) is 3. The van der Waals surface area contributed by atoms with Gasteiger partial charge >= 0.3 is 0 Å². The van der Waals surface area contributed by atoms with E-state index in [4.69, 9.17) is 21.1 Å². The van der Waals surface area contributed by atoms with Crippen LogP contribution in [0.4, 0.5) is 0 Å². The quantitative estimate of drug-likeness (QED) is 0.685. The first-order valence-corrected chi connectivity index (χ1v) is 7.78. The molecule has 1 N–H and O–H groups in total. The van der Waals surface area contributed by atoms with Gasteiger partial charge in [-0.15, -0.1) is 0 Å². The van der Waals surface area contributed by atoms with Crippen molar-refractivity contribution >= 4 is 11.6 Å². The summed E-state index contributed by atoms with van der Waals surface area (Å²) in [5.41, 5.74) is 1.12. The van der Waals surface area contributed by atoms with Crippen molar-refractivity contribution < 1.29 is 9.47 Å². The standard InChI is InChI=1S/C16H26ClNO2/c1-5-7-8-18-11-13-9-14(17)16(20-12(3)4)15(10-13)19-6-2/h9-10,12,18H,5-8,11H2,1-4H3. The van der Waals surface area contributed by atoms with Gasteiger partial charge in [-0.2, -0.15) is 0 Å². The maximum Gasteiger partial charge on any atom is 0.180 e. The third kappa shape index (κ3) is 5.59. The van der Waals surface area contributed by atoms with E-state index in [0.717, 1.165) is 24.4 Å². The summed E-state index contributed by atoms with van der Waals surface area (Å²) in [5.74, 6) is 1.36. The van der Waals surface area contributed by atoms with Crippen LogP contribution in [0.5, 0.6) is 11.5 Å². The minimum Gasteiger partial charge on any atom is -0.490 e. The van der Waals surface area contributed by atoms with Crippen LogP contribution in [0.25, 0.3) is 0 Å². The fourth-order valence-electron chi connectivity index (χ4n) is 1.87. The number of halogens is 1. The largest absolute Gasteiger partial charge is 0.490 e. The zero-order valence-corrected chi connectivity index (χ0v) is 13.7.